The Balaban J connectivity index is 5.08. The highest BCUT2D eigenvalue weighted by Gasteiger charge is 2.27. The molecule has 0 radical (unpaired) electrons. The predicted octanol–water partition coefficient (Wildman–Crippen LogP) is 19.6. The summed E-state index contributed by atoms with van der Waals surface area (Å²) in [7, 11) is 1.18. The summed E-state index contributed by atoms with van der Waals surface area (Å²) >= 11 is 0. The number of likely N-dealkylation sites (N-methyl/N-ethyl adjacent to an activating group) is 1. The Morgan fingerprint density at radius 1 is 0.468 bits per heavy atom. The van der Waals surface area contributed by atoms with E-state index in [0.29, 0.717) is 23.9 Å². The largest absolute Gasteiger partial charge is 0.756 e. The van der Waals surface area contributed by atoms with Crippen molar-refractivity contribution < 1.29 is 37.3 Å². The maximum Gasteiger partial charge on any atom is 0.306 e. The Kier molecular flexibility index (Phi) is 55.3. The Hall–Kier alpha value is -2.29. The van der Waals surface area contributed by atoms with Gasteiger partial charge in [-0.1, -0.05) is 262 Å². The number of amides is 1. The number of ether oxygens (including phenoxy) is 1. The molecule has 9 nitrogen and oxygen atoms in total. The second-order valence-electron chi connectivity index (χ2n) is 23.2. The molecule has 0 aromatic carbocycles. The van der Waals surface area contributed by atoms with Crippen LogP contribution in [-0.4, -0.2) is 69.4 Å². The van der Waals surface area contributed by atoms with Crippen LogP contribution in [0.3, 0.4) is 0 Å². The number of phosphoric ester groups is 1. The highest BCUT2D eigenvalue weighted by Crippen LogP contribution is 2.38. The molecule has 0 saturated carbocycles. The molecule has 0 spiro atoms. The van der Waals surface area contributed by atoms with Crippen LogP contribution in [0.2, 0.25) is 0 Å². The van der Waals surface area contributed by atoms with Gasteiger partial charge in [0.15, 0.2) is 0 Å². The molecular weight excluding hydrogens is 976 g/mol. The van der Waals surface area contributed by atoms with E-state index in [2.05, 4.69) is 74.7 Å². The average molecular weight is 1100 g/mol. The van der Waals surface area contributed by atoms with Gasteiger partial charge in [-0.05, 0) is 89.5 Å². The third-order valence-electron chi connectivity index (χ3n) is 14.4. The number of quaternary nitrogens is 1. The quantitative estimate of drug-likeness (QED) is 0.0212. The van der Waals surface area contributed by atoms with Crippen LogP contribution in [0.15, 0.2) is 60.8 Å². The molecule has 0 bridgehead atoms. The van der Waals surface area contributed by atoms with Gasteiger partial charge in [0, 0.05) is 12.8 Å². The third-order valence-corrected chi connectivity index (χ3v) is 15.4. The first-order valence-corrected chi connectivity index (χ1v) is 34.1. The fraction of sp³-hybridized carbons (Fsp3) is 0.821. The third kappa shape index (κ3) is 58.2. The van der Waals surface area contributed by atoms with Crippen LogP contribution < -0.4 is 10.2 Å². The van der Waals surface area contributed by atoms with Crippen molar-refractivity contribution in [3.05, 3.63) is 60.8 Å². The van der Waals surface area contributed by atoms with Gasteiger partial charge in [-0.25, -0.2) is 0 Å². The molecule has 0 aliphatic heterocycles. The van der Waals surface area contributed by atoms with E-state index in [1.54, 1.807) is 0 Å². The lowest BCUT2D eigenvalue weighted by Crippen LogP contribution is -2.47. The Labute approximate surface area is 477 Å². The number of hydrogen-bond donors (Lipinski definition) is 1. The van der Waals surface area contributed by atoms with E-state index in [1.807, 2.05) is 33.3 Å². The van der Waals surface area contributed by atoms with Crippen molar-refractivity contribution in [2.75, 3.05) is 40.9 Å². The number of rotatable bonds is 59. The van der Waals surface area contributed by atoms with Gasteiger partial charge in [-0.3, -0.25) is 14.2 Å². The summed E-state index contributed by atoms with van der Waals surface area (Å²) in [5, 5.41) is 3.03. The zero-order valence-corrected chi connectivity index (χ0v) is 52.3. The predicted molar refractivity (Wildman–Crippen MR) is 330 cm³/mol. The molecule has 0 saturated heterocycles. The van der Waals surface area contributed by atoms with Crippen molar-refractivity contribution in [2.24, 2.45) is 0 Å². The Morgan fingerprint density at radius 2 is 0.831 bits per heavy atom. The number of allylic oxidation sites excluding steroid dienone is 9. The first-order chi connectivity index (χ1) is 37.4. The number of unbranched alkanes of at least 4 members (excludes halogenated alkanes) is 35. The molecule has 3 unspecified atom stereocenters. The van der Waals surface area contributed by atoms with Crippen molar-refractivity contribution in [1.82, 2.24) is 5.32 Å². The topological polar surface area (TPSA) is 114 Å². The van der Waals surface area contributed by atoms with Crippen molar-refractivity contribution >= 4 is 19.7 Å². The van der Waals surface area contributed by atoms with E-state index in [4.69, 9.17) is 13.8 Å². The lowest BCUT2D eigenvalue weighted by atomic mass is 10.0. The maximum atomic E-state index is 13.6. The summed E-state index contributed by atoms with van der Waals surface area (Å²) in [6, 6.07) is -0.897. The lowest BCUT2D eigenvalue weighted by Gasteiger charge is -2.30. The van der Waals surface area contributed by atoms with Gasteiger partial charge in [-0.15, -0.1) is 0 Å². The molecule has 0 fully saturated rings. The van der Waals surface area contributed by atoms with Crippen molar-refractivity contribution in [3.63, 3.8) is 0 Å². The molecule has 3 atom stereocenters. The molecule has 0 aliphatic rings. The van der Waals surface area contributed by atoms with Crippen molar-refractivity contribution in [3.8, 4) is 0 Å². The summed E-state index contributed by atoms with van der Waals surface area (Å²) in [4.78, 5) is 40.0. The van der Waals surface area contributed by atoms with Gasteiger partial charge in [-0.2, -0.15) is 0 Å². The van der Waals surface area contributed by atoms with E-state index >= 15 is 0 Å². The second kappa shape index (κ2) is 57.0. The van der Waals surface area contributed by atoms with Gasteiger partial charge in [0.2, 0.25) is 5.91 Å². The zero-order valence-electron chi connectivity index (χ0n) is 51.4. The fourth-order valence-electron chi connectivity index (χ4n) is 9.41. The van der Waals surface area contributed by atoms with Crippen molar-refractivity contribution in [2.45, 2.75) is 315 Å². The van der Waals surface area contributed by atoms with E-state index in [-0.39, 0.29) is 24.9 Å². The number of hydrogen-bond acceptors (Lipinski definition) is 7. The van der Waals surface area contributed by atoms with Gasteiger partial charge in [0.25, 0.3) is 7.82 Å². The molecular formula is C67H125N2O7P. The number of carbonyl (C=O) groups is 2. The minimum absolute atomic E-state index is 0.0263. The summed E-state index contributed by atoms with van der Waals surface area (Å²) in [5.41, 5.74) is 0. The molecule has 0 aliphatic carbocycles. The molecule has 450 valence electrons. The first kappa shape index (κ1) is 74.7. The normalized spacial score (nSPS) is 14.0. The highest BCUT2D eigenvalue weighted by molar-refractivity contribution is 7.45. The molecule has 77 heavy (non-hydrogen) atoms. The van der Waals surface area contributed by atoms with Gasteiger partial charge in [0.1, 0.15) is 19.3 Å². The van der Waals surface area contributed by atoms with Gasteiger partial charge < -0.3 is 28.5 Å². The molecule has 10 heteroatoms. The van der Waals surface area contributed by atoms with Crippen molar-refractivity contribution in [1.29, 1.82) is 0 Å². The molecule has 0 aromatic heterocycles. The maximum absolute atomic E-state index is 13.6. The van der Waals surface area contributed by atoms with Crippen LogP contribution >= 0.6 is 7.82 Å². The first-order valence-electron chi connectivity index (χ1n) is 32.6. The zero-order chi connectivity index (χ0) is 56.4. The van der Waals surface area contributed by atoms with Crippen LogP contribution in [0, 0.1) is 0 Å². The van der Waals surface area contributed by atoms with Gasteiger partial charge in [0.05, 0.1) is 33.8 Å². The fourth-order valence-corrected chi connectivity index (χ4v) is 10.1. The molecule has 1 amide bonds. The van der Waals surface area contributed by atoms with Crippen LogP contribution in [0.4, 0.5) is 0 Å². The molecule has 1 N–H and O–H groups in total. The van der Waals surface area contributed by atoms with Crippen LogP contribution in [0.25, 0.3) is 0 Å². The number of carbonyl (C=O) groups excluding carboxylic acids is 2. The summed E-state index contributed by atoms with van der Waals surface area (Å²) in [6.07, 6.45) is 72.0. The summed E-state index contributed by atoms with van der Waals surface area (Å²) in [6.45, 7) is 6.73. The summed E-state index contributed by atoms with van der Waals surface area (Å²) < 4.78 is 30.3. The van der Waals surface area contributed by atoms with E-state index < -0.39 is 26.6 Å². The SMILES string of the molecule is CC/C=C/C/C=C/C/C=C/CCCCCCC(=O)OC(/C=C\CCCCCCCCCCCC)C(COP(=O)([O-])OCC[N+](C)(C)C)NC(=O)CCCCCCCCCCCCCCCCC/C=C/CCCCCCCC. The second-order valence-corrected chi connectivity index (χ2v) is 24.6. The molecule has 0 aromatic rings. The Bertz CT molecular complexity index is 1500. The van der Waals surface area contributed by atoms with Gasteiger partial charge >= 0.3 is 5.97 Å². The van der Waals surface area contributed by atoms with E-state index in [1.165, 1.54) is 180 Å². The molecule has 0 rings (SSSR count). The smallest absolute Gasteiger partial charge is 0.306 e. The minimum atomic E-state index is -4.70. The average Bonchev–Trinajstić information content (AvgIpc) is 3.39. The van der Waals surface area contributed by atoms with Crippen LogP contribution in [0.5, 0.6) is 0 Å². The minimum Gasteiger partial charge on any atom is -0.756 e. The summed E-state index contributed by atoms with van der Waals surface area (Å²) in [5.74, 6) is -0.559. The standard InChI is InChI=1S/C67H125N2O7P/c1-7-10-13-16-19-22-25-28-30-31-32-33-34-35-36-37-38-39-40-41-44-47-50-53-56-59-66(70)68-64(63-75-77(72,73)74-62-61-69(4,5)6)65(58-55-52-49-46-43-27-24-21-18-15-12-9-3)76-67(71)60-57-54-51-48-45-42-29-26-23-20-17-14-11-8-2/h11,14,20,23,28-30,42,55,58,64-65H,7-10,12-13,15-19,21-22,24-27,31-41,43-54,56-57,59-63H2,1-6H3,(H-,68,70,72,73)/b14-11+,23-20+,30-28+,42-29+,58-55-. The Morgan fingerprint density at radius 3 is 1.26 bits per heavy atom. The number of phosphoric acid groups is 1. The highest BCUT2D eigenvalue weighted by atomic mass is 31.2. The number of esters is 1. The lowest BCUT2D eigenvalue weighted by molar-refractivity contribution is -0.870. The van der Waals surface area contributed by atoms with E-state index in [0.717, 1.165) is 83.5 Å². The monoisotopic (exact) mass is 1100 g/mol. The number of nitrogens with one attached hydrogen (secondary N) is 1. The van der Waals surface area contributed by atoms with Crippen LogP contribution in [0.1, 0.15) is 303 Å². The van der Waals surface area contributed by atoms with Crippen LogP contribution in [-0.2, 0) is 27.9 Å². The molecule has 0 heterocycles. The number of nitrogens with zero attached hydrogens (tertiary/aromatic N) is 1. The van der Waals surface area contributed by atoms with E-state index in [9.17, 15) is 19.0 Å².